The van der Waals surface area contributed by atoms with Gasteiger partial charge in [-0.1, -0.05) is 30.3 Å². The maximum absolute atomic E-state index is 10.9. The van der Waals surface area contributed by atoms with Gasteiger partial charge in [0.2, 0.25) is 0 Å². The molecule has 0 saturated heterocycles. The number of hydrogen-bond donors (Lipinski definition) is 2. The molecule has 3 heteroatoms. The quantitative estimate of drug-likeness (QED) is 0.885. The molecule has 0 saturated carbocycles. The first-order valence-electron chi connectivity index (χ1n) is 6.74. The van der Waals surface area contributed by atoms with Crippen LogP contribution in [0.5, 0.6) is 0 Å². The summed E-state index contributed by atoms with van der Waals surface area (Å²) >= 11 is 0. The van der Waals surface area contributed by atoms with Gasteiger partial charge in [-0.25, -0.2) is 4.98 Å². The monoisotopic (exact) mass is 254 g/mol. The Bertz CT molecular complexity index is 556. The van der Waals surface area contributed by atoms with Crippen LogP contribution in [0, 0.1) is 0 Å². The van der Waals surface area contributed by atoms with Crippen molar-refractivity contribution in [2.45, 2.75) is 24.9 Å². The van der Waals surface area contributed by atoms with E-state index in [1.54, 1.807) is 6.20 Å². The van der Waals surface area contributed by atoms with Gasteiger partial charge < -0.3 is 10.4 Å². The van der Waals surface area contributed by atoms with Crippen molar-refractivity contribution in [2.24, 2.45) is 0 Å². The Hall–Kier alpha value is -1.87. The smallest absolute Gasteiger partial charge is 0.125 e. The zero-order valence-electron chi connectivity index (χ0n) is 10.8. The van der Waals surface area contributed by atoms with Gasteiger partial charge in [0.1, 0.15) is 11.4 Å². The maximum atomic E-state index is 10.9. The fourth-order valence-electron chi connectivity index (χ4n) is 2.79. The van der Waals surface area contributed by atoms with Gasteiger partial charge in [0.25, 0.3) is 0 Å². The largest absolute Gasteiger partial charge is 0.383 e. The number of fused-ring (bicyclic) bond motifs is 1. The lowest BCUT2D eigenvalue weighted by Crippen LogP contribution is -2.37. The van der Waals surface area contributed by atoms with Crippen LogP contribution in [0.1, 0.15) is 24.0 Å². The minimum atomic E-state index is -0.785. The molecule has 1 heterocycles. The molecule has 1 aromatic carbocycles. The van der Waals surface area contributed by atoms with E-state index in [2.05, 4.69) is 16.4 Å². The lowest BCUT2D eigenvalue weighted by Gasteiger charge is -2.34. The van der Waals surface area contributed by atoms with Gasteiger partial charge in [0.15, 0.2) is 0 Å². The maximum Gasteiger partial charge on any atom is 0.125 e. The molecule has 1 aliphatic carbocycles. The molecule has 2 aromatic rings. The van der Waals surface area contributed by atoms with Crippen molar-refractivity contribution in [3.05, 3.63) is 59.8 Å². The lowest BCUT2D eigenvalue weighted by molar-refractivity contribution is 0.0322. The summed E-state index contributed by atoms with van der Waals surface area (Å²) in [7, 11) is 0. The molecule has 98 valence electrons. The first-order chi connectivity index (χ1) is 9.28. The van der Waals surface area contributed by atoms with Crippen LogP contribution >= 0.6 is 0 Å². The van der Waals surface area contributed by atoms with Gasteiger partial charge in [-0.15, -0.1) is 0 Å². The van der Waals surface area contributed by atoms with Crippen molar-refractivity contribution in [3.8, 4) is 0 Å². The Balaban J connectivity index is 1.81. The van der Waals surface area contributed by atoms with Crippen LogP contribution in [0.2, 0.25) is 0 Å². The molecule has 0 aliphatic heterocycles. The third-order valence-electron chi connectivity index (χ3n) is 3.78. The van der Waals surface area contributed by atoms with E-state index in [0.29, 0.717) is 6.54 Å². The Kier molecular flexibility index (Phi) is 3.22. The minimum Gasteiger partial charge on any atom is -0.383 e. The van der Waals surface area contributed by atoms with Crippen molar-refractivity contribution in [2.75, 3.05) is 11.9 Å². The van der Waals surface area contributed by atoms with Crippen LogP contribution in [0.4, 0.5) is 5.82 Å². The van der Waals surface area contributed by atoms with Crippen LogP contribution < -0.4 is 5.32 Å². The molecule has 1 unspecified atom stereocenters. The summed E-state index contributed by atoms with van der Waals surface area (Å²) in [5.74, 6) is 0.805. The highest BCUT2D eigenvalue weighted by Gasteiger charge is 2.33. The molecule has 1 atom stereocenters. The molecule has 3 rings (SSSR count). The third-order valence-corrected chi connectivity index (χ3v) is 3.78. The Morgan fingerprint density at radius 1 is 1.16 bits per heavy atom. The molecule has 2 N–H and O–H groups in total. The van der Waals surface area contributed by atoms with E-state index in [1.165, 1.54) is 5.56 Å². The van der Waals surface area contributed by atoms with Crippen LogP contribution in [0.15, 0.2) is 48.7 Å². The highest BCUT2D eigenvalue weighted by molar-refractivity contribution is 5.39. The third kappa shape index (κ3) is 2.47. The average molecular weight is 254 g/mol. The number of benzene rings is 1. The fourth-order valence-corrected chi connectivity index (χ4v) is 2.79. The number of rotatable bonds is 3. The highest BCUT2D eigenvalue weighted by Crippen LogP contribution is 2.35. The fraction of sp³-hybridized carbons (Fsp3) is 0.312. The van der Waals surface area contributed by atoms with E-state index in [9.17, 15) is 5.11 Å². The van der Waals surface area contributed by atoms with E-state index >= 15 is 0 Å². The molecule has 1 aliphatic rings. The van der Waals surface area contributed by atoms with E-state index in [0.717, 1.165) is 30.6 Å². The second kappa shape index (κ2) is 5.02. The number of nitrogens with one attached hydrogen (secondary N) is 1. The van der Waals surface area contributed by atoms with Gasteiger partial charge in [0.05, 0.1) is 0 Å². The van der Waals surface area contributed by atoms with Crippen molar-refractivity contribution >= 4 is 5.82 Å². The summed E-state index contributed by atoms with van der Waals surface area (Å²) in [6.45, 7) is 0.501. The summed E-state index contributed by atoms with van der Waals surface area (Å²) in [6, 6.07) is 13.9. The van der Waals surface area contributed by atoms with E-state index < -0.39 is 5.60 Å². The molecule has 19 heavy (non-hydrogen) atoms. The van der Waals surface area contributed by atoms with Crippen molar-refractivity contribution in [3.63, 3.8) is 0 Å². The number of anilines is 1. The Morgan fingerprint density at radius 3 is 2.84 bits per heavy atom. The molecule has 3 nitrogen and oxygen atoms in total. The Labute approximate surface area is 113 Å². The lowest BCUT2D eigenvalue weighted by atomic mass is 9.79. The zero-order valence-corrected chi connectivity index (χ0v) is 10.8. The molecule has 0 fully saturated rings. The van der Waals surface area contributed by atoms with Gasteiger partial charge in [0, 0.05) is 12.7 Å². The van der Waals surface area contributed by atoms with E-state index in [-0.39, 0.29) is 0 Å². The van der Waals surface area contributed by atoms with Crippen LogP contribution in [0.3, 0.4) is 0 Å². The number of pyridine rings is 1. The summed E-state index contributed by atoms with van der Waals surface area (Å²) in [6.07, 6.45) is 4.63. The van der Waals surface area contributed by atoms with E-state index in [1.807, 2.05) is 36.4 Å². The van der Waals surface area contributed by atoms with Crippen LogP contribution in [-0.2, 0) is 12.0 Å². The number of hydrogen-bond acceptors (Lipinski definition) is 3. The first-order valence-corrected chi connectivity index (χ1v) is 6.74. The Morgan fingerprint density at radius 2 is 2.00 bits per heavy atom. The van der Waals surface area contributed by atoms with Gasteiger partial charge >= 0.3 is 0 Å². The zero-order chi connectivity index (χ0) is 13.1. The van der Waals surface area contributed by atoms with Crippen molar-refractivity contribution in [1.82, 2.24) is 4.98 Å². The highest BCUT2D eigenvalue weighted by atomic mass is 16.3. The average Bonchev–Trinajstić information content (AvgIpc) is 2.47. The van der Waals surface area contributed by atoms with Crippen molar-refractivity contribution < 1.29 is 5.11 Å². The van der Waals surface area contributed by atoms with E-state index in [4.69, 9.17) is 0 Å². The van der Waals surface area contributed by atoms with Crippen LogP contribution in [0.25, 0.3) is 0 Å². The minimum absolute atomic E-state index is 0.501. The second-order valence-electron chi connectivity index (χ2n) is 5.11. The molecular weight excluding hydrogens is 236 g/mol. The van der Waals surface area contributed by atoms with Gasteiger partial charge in [-0.05, 0) is 42.5 Å². The molecule has 0 bridgehead atoms. The molecule has 0 amide bonds. The molecule has 0 spiro atoms. The normalized spacial score (nSPS) is 21.7. The summed E-state index contributed by atoms with van der Waals surface area (Å²) in [5.41, 5.74) is 1.54. The number of aliphatic hydroxyl groups is 1. The summed E-state index contributed by atoms with van der Waals surface area (Å²) in [5, 5.41) is 14.1. The predicted octanol–water partition coefficient (Wildman–Crippen LogP) is 2.72. The molecule has 1 aromatic heterocycles. The SMILES string of the molecule is OC1(CNc2ccccn2)CCCc2ccccc21. The molecule has 0 radical (unpaired) electrons. The predicted molar refractivity (Wildman–Crippen MR) is 76.0 cm³/mol. The number of aromatic nitrogens is 1. The van der Waals surface area contributed by atoms with Crippen molar-refractivity contribution in [1.29, 1.82) is 0 Å². The van der Waals surface area contributed by atoms with Gasteiger partial charge in [-0.2, -0.15) is 0 Å². The van der Waals surface area contributed by atoms with Gasteiger partial charge in [-0.3, -0.25) is 0 Å². The first kappa shape index (κ1) is 12.2. The number of nitrogens with zero attached hydrogens (tertiary/aromatic N) is 1. The molecular formula is C16H18N2O. The topological polar surface area (TPSA) is 45.1 Å². The standard InChI is InChI=1S/C16H18N2O/c19-16(12-18-15-9-3-4-11-17-15)10-5-7-13-6-1-2-8-14(13)16/h1-4,6,8-9,11,19H,5,7,10,12H2,(H,17,18). The second-order valence-corrected chi connectivity index (χ2v) is 5.11. The number of aryl methyl sites for hydroxylation is 1. The van der Waals surface area contributed by atoms with Crippen LogP contribution in [-0.4, -0.2) is 16.6 Å². The summed E-state index contributed by atoms with van der Waals surface area (Å²) in [4.78, 5) is 4.23. The summed E-state index contributed by atoms with van der Waals surface area (Å²) < 4.78 is 0.